The van der Waals surface area contributed by atoms with E-state index in [1.807, 2.05) is 49.4 Å². The van der Waals surface area contributed by atoms with E-state index in [2.05, 4.69) is 28.2 Å². The van der Waals surface area contributed by atoms with Gasteiger partial charge in [-0.25, -0.2) is 13.2 Å². The Hall–Kier alpha value is -3.43. The molecule has 1 heterocycles. The standard InChI is InChI=1S/C27H32N4O4S/c1-17-21(10-9-20-14-29-15-24(17)20)16-36(34,35)22-11-12-25(23(13-22)26(32)28-3)31-27(33)30-18(2)19-7-5-4-6-8-19/h4-13,17-18,21,29H,14-16H2,1-3H3,(H,28,32)(H2,30,31,33). The average molecular weight is 509 g/mol. The molecule has 190 valence electrons. The monoisotopic (exact) mass is 508 g/mol. The number of anilines is 1. The smallest absolute Gasteiger partial charge is 0.319 e. The third kappa shape index (κ3) is 5.52. The molecule has 0 spiro atoms. The predicted molar refractivity (Wildman–Crippen MR) is 141 cm³/mol. The van der Waals surface area contributed by atoms with Crippen molar-refractivity contribution < 1.29 is 18.0 Å². The van der Waals surface area contributed by atoms with Crippen LogP contribution < -0.4 is 21.3 Å². The van der Waals surface area contributed by atoms with Gasteiger partial charge in [0.2, 0.25) is 0 Å². The van der Waals surface area contributed by atoms with Gasteiger partial charge in [-0.1, -0.05) is 49.4 Å². The van der Waals surface area contributed by atoms with E-state index >= 15 is 0 Å². The second-order valence-corrected chi connectivity index (χ2v) is 11.3. The second kappa shape index (κ2) is 10.7. The van der Waals surface area contributed by atoms with E-state index in [1.54, 1.807) is 0 Å². The zero-order valence-electron chi connectivity index (χ0n) is 20.7. The van der Waals surface area contributed by atoms with Crippen molar-refractivity contribution in [1.82, 2.24) is 16.0 Å². The number of sulfone groups is 1. The molecule has 3 amide bonds. The molecule has 0 saturated carbocycles. The number of benzene rings is 2. The fourth-order valence-electron chi connectivity index (χ4n) is 4.72. The number of hydrogen-bond acceptors (Lipinski definition) is 5. The van der Waals surface area contributed by atoms with Crippen LogP contribution in [0.5, 0.6) is 0 Å². The third-order valence-corrected chi connectivity index (χ3v) is 8.70. The van der Waals surface area contributed by atoms with E-state index in [9.17, 15) is 18.0 Å². The lowest BCUT2D eigenvalue weighted by molar-refractivity contribution is 0.0963. The molecule has 9 heteroatoms. The van der Waals surface area contributed by atoms with Crippen LogP contribution in [-0.4, -0.2) is 46.2 Å². The van der Waals surface area contributed by atoms with Gasteiger partial charge >= 0.3 is 6.03 Å². The Labute approximate surface area is 212 Å². The van der Waals surface area contributed by atoms with Gasteiger partial charge in [-0.3, -0.25) is 4.79 Å². The third-order valence-electron chi connectivity index (χ3n) is 6.91. The first kappa shape index (κ1) is 25.7. The van der Waals surface area contributed by atoms with Gasteiger partial charge in [0, 0.05) is 20.1 Å². The maximum atomic E-state index is 13.3. The van der Waals surface area contributed by atoms with Crippen molar-refractivity contribution in [3.8, 4) is 0 Å². The molecule has 0 radical (unpaired) electrons. The first-order valence-electron chi connectivity index (χ1n) is 12.0. The van der Waals surface area contributed by atoms with Crippen molar-refractivity contribution in [1.29, 1.82) is 0 Å². The van der Waals surface area contributed by atoms with Crippen LogP contribution in [0.4, 0.5) is 10.5 Å². The molecular weight excluding hydrogens is 476 g/mol. The number of rotatable bonds is 7. The van der Waals surface area contributed by atoms with Crippen molar-refractivity contribution in [2.24, 2.45) is 11.8 Å². The van der Waals surface area contributed by atoms with E-state index < -0.39 is 21.8 Å². The normalized spacial score (nSPS) is 20.0. The highest BCUT2D eigenvalue weighted by Crippen LogP contribution is 2.34. The minimum Gasteiger partial charge on any atom is -0.355 e. The summed E-state index contributed by atoms with van der Waals surface area (Å²) in [7, 11) is -2.23. The summed E-state index contributed by atoms with van der Waals surface area (Å²) in [4.78, 5) is 25.3. The van der Waals surface area contributed by atoms with E-state index in [4.69, 9.17) is 0 Å². The number of urea groups is 1. The fourth-order valence-corrected chi connectivity index (χ4v) is 6.39. The van der Waals surface area contributed by atoms with Gasteiger partial charge < -0.3 is 21.3 Å². The summed E-state index contributed by atoms with van der Waals surface area (Å²) in [5, 5.41) is 11.4. The van der Waals surface area contributed by atoms with Gasteiger partial charge in [0.25, 0.3) is 5.91 Å². The molecule has 2 aromatic rings. The highest BCUT2D eigenvalue weighted by Gasteiger charge is 2.31. The quantitative estimate of drug-likeness (QED) is 0.457. The van der Waals surface area contributed by atoms with Gasteiger partial charge in [-0.05, 0) is 53.7 Å². The fraction of sp³-hybridized carbons (Fsp3) is 0.333. The Morgan fingerprint density at radius 1 is 1.11 bits per heavy atom. The molecule has 1 aliphatic carbocycles. The molecule has 2 aliphatic rings. The van der Waals surface area contributed by atoms with Crippen LogP contribution in [0.15, 0.2) is 76.7 Å². The van der Waals surface area contributed by atoms with Gasteiger partial charge in [-0.2, -0.15) is 0 Å². The van der Waals surface area contributed by atoms with Crippen LogP contribution in [0.1, 0.15) is 35.8 Å². The molecule has 3 unspecified atom stereocenters. The number of carbonyl (C=O) groups is 2. The average Bonchev–Trinajstić information content (AvgIpc) is 3.35. The number of amides is 3. The molecule has 0 bridgehead atoms. The molecule has 3 atom stereocenters. The van der Waals surface area contributed by atoms with Crippen LogP contribution in [0.2, 0.25) is 0 Å². The van der Waals surface area contributed by atoms with Crippen LogP contribution in [0, 0.1) is 11.8 Å². The lowest BCUT2D eigenvalue weighted by atomic mass is 9.82. The summed E-state index contributed by atoms with van der Waals surface area (Å²) in [6.07, 6.45) is 4.00. The van der Waals surface area contributed by atoms with Crippen molar-refractivity contribution >= 4 is 27.5 Å². The molecule has 8 nitrogen and oxygen atoms in total. The van der Waals surface area contributed by atoms with Crippen LogP contribution in [0.25, 0.3) is 0 Å². The summed E-state index contributed by atoms with van der Waals surface area (Å²) in [6, 6.07) is 13.0. The van der Waals surface area contributed by atoms with Gasteiger partial charge in [0.15, 0.2) is 9.84 Å². The Morgan fingerprint density at radius 3 is 2.58 bits per heavy atom. The molecule has 0 fully saturated rings. The summed E-state index contributed by atoms with van der Waals surface area (Å²) in [6.45, 7) is 5.51. The maximum absolute atomic E-state index is 13.3. The lowest BCUT2D eigenvalue weighted by Crippen LogP contribution is -2.32. The van der Waals surface area contributed by atoms with E-state index in [0.717, 1.165) is 18.7 Å². The summed E-state index contributed by atoms with van der Waals surface area (Å²) in [5.41, 5.74) is 3.75. The van der Waals surface area contributed by atoms with Crippen molar-refractivity contribution in [3.05, 3.63) is 83.0 Å². The summed E-state index contributed by atoms with van der Waals surface area (Å²) >= 11 is 0. The highest BCUT2D eigenvalue weighted by molar-refractivity contribution is 7.91. The largest absolute Gasteiger partial charge is 0.355 e. The highest BCUT2D eigenvalue weighted by atomic mass is 32.2. The topological polar surface area (TPSA) is 116 Å². The molecule has 1 aliphatic heterocycles. The summed E-state index contributed by atoms with van der Waals surface area (Å²) < 4.78 is 26.7. The SMILES string of the molecule is CNC(=O)c1cc(S(=O)(=O)CC2C=CC3=C(CNC3)C2C)ccc1NC(=O)NC(C)c1ccccc1. The van der Waals surface area contributed by atoms with Crippen molar-refractivity contribution in [3.63, 3.8) is 0 Å². The predicted octanol–water partition coefficient (Wildman–Crippen LogP) is 3.42. The molecule has 4 rings (SSSR count). The Morgan fingerprint density at radius 2 is 1.86 bits per heavy atom. The Bertz CT molecular complexity index is 1320. The van der Waals surface area contributed by atoms with Crippen molar-refractivity contribution in [2.75, 3.05) is 31.2 Å². The maximum Gasteiger partial charge on any atom is 0.319 e. The molecule has 36 heavy (non-hydrogen) atoms. The zero-order valence-corrected chi connectivity index (χ0v) is 21.5. The molecule has 0 saturated heterocycles. The van der Waals surface area contributed by atoms with Crippen LogP contribution in [-0.2, 0) is 9.84 Å². The Balaban J connectivity index is 1.52. The van der Waals surface area contributed by atoms with Gasteiger partial charge in [0.05, 0.1) is 27.9 Å². The van der Waals surface area contributed by atoms with Crippen LogP contribution >= 0.6 is 0 Å². The van der Waals surface area contributed by atoms with Crippen molar-refractivity contribution in [2.45, 2.75) is 24.8 Å². The van der Waals surface area contributed by atoms with Gasteiger partial charge in [-0.15, -0.1) is 0 Å². The number of allylic oxidation sites excluding steroid dienone is 1. The molecular formula is C27H32N4O4S. The molecule has 4 N–H and O–H groups in total. The first-order chi connectivity index (χ1) is 17.2. The summed E-state index contributed by atoms with van der Waals surface area (Å²) in [5.74, 6) is -0.586. The lowest BCUT2D eigenvalue weighted by Gasteiger charge is -2.26. The zero-order chi connectivity index (χ0) is 25.9. The number of hydrogen-bond donors (Lipinski definition) is 4. The number of nitrogens with one attached hydrogen (secondary N) is 4. The number of carbonyl (C=O) groups excluding carboxylic acids is 2. The minimum absolute atomic E-state index is 0.0506. The van der Waals surface area contributed by atoms with E-state index in [1.165, 1.54) is 36.4 Å². The minimum atomic E-state index is -3.69. The van der Waals surface area contributed by atoms with E-state index in [-0.39, 0.29) is 39.8 Å². The van der Waals surface area contributed by atoms with E-state index in [0.29, 0.717) is 0 Å². The second-order valence-electron chi connectivity index (χ2n) is 9.26. The first-order valence-corrected chi connectivity index (χ1v) is 13.7. The molecule has 0 aromatic heterocycles. The van der Waals surface area contributed by atoms with Crippen LogP contribution in [0.3, 0.4) is 0 Å². The van der Waals surface area contributed by atoms with Gasteiger partial charge in [0.1, 0.15) is 0 Å². The molecule has 2 aromatic carbocycles. The Kier molecular flexibility index (Phi) is 7.61.